The van der Waals surface area contributed by atoms with Gasteiger partial charge in [-0.25, -0.2) is 4.79 Å². The summed E-state index contributed by atoms with van der Waals surface area (Å²) >= 11 is 0. The number of halogens is 3. The Kier molecular flexibility index (Phi) is 5.29. The molecule has 0 heterocycles. The lowest BCUT2D eigenvalue weighted by molar-refractivity contribution is -0.332. The van der Waals surface area contributed by atoms with Gasteiger partial charge in [0.05, 0.1) is 0 Å². The number of hydrogen-bond donors (Lipinski definition) is 1. The van der Waals surface area contributed by atoms with Gasteiger partial charge in [-0.05, 0) is 53.9 Å². The highest BCUT2D eigenvalue weighted by Crippen LogP contribution is 2.46. The summed E-state index contributed by atoms with van der Waals surface area (Å²) < 4.78 is 50.3. The van der Waals surface area contributed by atoms with Gasteiger partial charge in [-0.15, -0.1) is 0 Å². The van der Waals surface area contributed by atoms with E-state index in [2.05, 4.69) is 6.58 Å². The van der Waals surface area contributed by atoms with Crippen molar-refractivity contribution in [3.63, 3.8) is 0 Å². The maximum Gasteiger partial charge on any atom is 0.419 e. The van der Waals surface area contributed by atoms with Crippen molar-refractivity contribution in [1.82, 2.24) is 0 Å². The van der Waals surface area contributed by atoms with E-state index in [-0.39, 0.29) is 5.57 Å². The van der Waals surface area contributed by atoms with E-state index >= 15 is 0 Å². The van der Waals surface area contributed by atoms with Crippen LogP contribution in [0.5, 0.6) is 0 Å². The maximum absolute atomic E-state index is 13.1. The molecule has 7 heteroatoms. The van der Waals surface area contributed by atoms with E-state index in [4.69, 9.17) is 9.47 Å². The molecular formula is C16H25F3O4. The van der Waals surface area contributed by atoms with Crippen LogP contribution in [0.4, 0.5) is 13.2 Å². The zero-order valence-electron chi connectivity index (χ0n) is 14.2. The summed E-state index contributed by atoms with van der Waals surface area (Å²) in [5.41, 5.74) is -5.86. The Morgan fingerprint density at radius 2 is 1.83 bits per heavy atom. The van der Waals surface area contributed by atoms with Crippen LogP contribution in [-0.4, -0.2) is 40.2 Å². The zero-order valence-corrected chi connectivity index (χ0v) is 14.2. The highest BCUT2D eigenvalue weighted by molar-refractivity contribution is 5.87. The van der Waals surface area contributed by atoms with Gasteiger partial charge in [-0.1, -0.05) is 6.58 Å². The van der Waals surface area contributed by atoms with Crippen molar-refractivity contribution in [2.75, 3.05) is 0 Å². The molecular weight excluding hydrogens is 313 g/mol. The lowest BCUT2D eigenvalue weighted by Crippen LogP contribution is -2.62. The number of alkyl halides is 3. The van der Waals surface area contributed by atoms with E-state index in [1.165, 1.54) is 20.8 Å². The normalized spacial score (nSPS) is 28.3. The van der Waals surface area contributed by atoms with Crippen LogP contribution in [0, 0.1) is 0 Å². The maximum atomic E-state index is 13.1. The van der Waals surface area contributed by atoms with E-state index < -0.39 is 35.1 Å². The van der Waals surface area contributed by atoms with Gasteiger partial charge in [0.15, 0.2) is 5.60 Å². The molecule has 0 radical (unpaired) electrons. The summed E-state index contributed by atoms with van der Waals surface area (Å²) in [6.45, 7) is 9.63. The summed E-state index contributed by atoms with van der Waals surface area (Å²) in [7, 11) is 0. The van der Waals surface area contributed by atoms with Gasteiger partial charge in [-0.2, -0.15) is 13.2 Å². The lowest BCUT2D eigenvalue weighted by atomic mass is 9.85. The fourth-order valence-corrected chi connectivity index (χ4v) is 2.66. The molecule has 1 N–H and O–H groups in total. The largest absolute Gasteiger partial charge is 0.456 e. The molecule has 4 nitrogen and oxygen atoms in total. The third-order valence-corrected chi connectivity index (χ3v) is 4.63. The van der Waals surface area contributed by atoms with Crippen molar-refractivity contribution in [1.29, 1.82) is 0 Å². The topological polar surface area (TPSA) is 55.8 Å². The minimum absolute atomic E-state index is 0.209. The van der Waals surface area contributed by atoms with Gasteiger partial charge < -0.3 is 14.6 Å². The van der Waals surface area contributed by atoms with E-state index in [0.29, 0.717) is 26.2 Å². The van der Waals surface area contributed by atoms with Gasteiger partial charge in [0.1, 0.15) is 17.3 Å². The Balaban J connectivity index is 3.00. The van der Waals surface area contributed by atoms with Crippen LogP contribution in [0.3, 0.4) is 0 Å². The quantitative estimate of drug-likeness (QED) is 0.615. The molecule has 3 atom stereocenters. The van der Waals surface area contributed by atoms with Crippen LogP contribution in [0.1, 0.15) is 53.9 Å². The molecule has 0 amide bonds. The molecule has 1 fully saturated rings. The molecule has 1 saturated carbocycles. The van der Waals surface area contributed by atoms with Crippen LogP contribution in [0.2, 0.25) is 0 Å². The third-order valence-electron chi connectivity index (χ3n) is 4.63. The Labute approximate surface area is 134 Å². The fourth-order valence-electron chi connectivity index (χ4n) is 2.66. The molecule has 1 aliphatic rings. The number of rotatable bonds is 5. The second kappa shape index (κ2) is 6.09. The summed E-state index contributed by atoms with van der Waals surface area (Å²) in [6, 6.07) is 0. The Morgan fingerprint density at radius 3 is 2.26 bits per heavy atom. The van der Waals surface area contributed by atoms with Crippen molar-refractivity contribution in [2.45, 2.75) is 83.0 Å². The minimum Gasteiger partial charge on any atom is -0.456 e. The van der Waals surface area contributed by atoms with Crippen LogP contribution in [-0.2, 0) is 14.3 Å². The molecule has 3 unspecified atom stereocenters. The summed E-state index contributed by atoms with van der Waals surface area (Å²) in [5.74, 6) is -0.605. The Hall–Kier alpha value is -1.08. The first kappa shape index (κ1) is 20.0. The molecule has 0 aromatic heterocycles. The molecule has 0 bridgehead atoms. The molecule has 0 aliphatic heterocycles. The average molecular weight is 338 g/mol. The van der Waals surface area contributed by atoms with Gasteiger partial charge >= 0.3 is 12.1 Å². The van der Waals surface area contributed by atoms with Gasteiger partial charge in [-0.3, -0.25) is 0 Å². The van der Waals surface area contributed by atoms with Gasteiger partial charge in [0, 0.05) is 5.57 Å². The Morgan fingerprint density at radius 1 is 1.30 bits per heavy atom. The van der Waals surface area contributed by atoms with Crippen LogP contribution in [0.25, 0.3) is 0 Å². The standard InChI is InChI=1S/C16H25F3O4/c1-10(2)12(20)22-11-8-7-9-14(11,5)23-13(3,4)15(6,21)16(17,18)19/h11,21H,1,7-9H2,2-6H3. The minimum atomic E-state index is -4.85. The number of carbonyl (C=O) groups is 1. The van der Waals surface area contributed by atoms with E-state index in [9.17, 15) is 23.1 Å². The number of carbonyl (C=O) groups excluding carboxylic acids is 1. The van der Waals surface area contributed by atoms with Crippen molar-refractivity contribution in [3.8, 4) is 0 Å². The first-order valence-corrected chi connectivity index (χ1v) is 7.50. The molecule has 1 rings (SSSR count). The number of aliphatic hydroxyl groups is 1. The molecule has 0 spiro atoms. The lowest BCUT2D eigenvalue weighted by Gasteiger charge is -2.46. The van der Waals surface area contributed by atoms with Crippen LogP contribution < -0.4 is 0 Å². The third kappa shape index (κ3) is 3.88. The molecule has 0 aromatic carbocycles. The zero-order chi connectivity index (χ0) is 18.3. The summed E-state index contributed by atoms with van der Waals surface area (Å²) in [6.07, 6.45) is -3.97. The highest BCUT2D eigenvalue weighted by Gasteiger charge is 2.62. The SMILES string of the molecule is C=C(C)C(=O)OC1CCCC1(C)OC(C)(C)C(C)(O)C(F)(F)F. The predicted octanol–water partition coefficient (Wildman–Crippen LogP) is 3.53. The van der Waals surface area contributed by atoms with Crippen LogP contribution >= 0.6 is 0 Å². The van der Waals surface area contributed by atoms with Crippen molar-refractivity contribution in [2.24, 2.45) is 0 Å². The van der Waals surface area contributed by atoms with Crippen molar-refractivity contribution < 1.29 is 32.5 Å². The van der Waals surface area contributed by atoms with E-state index in [1.54, 1.807) is 6.92 Å². The van der Waals surface area contributed by atoms with Gasteiger partial charge in [0.2, 0.25) is 0 Å². The first-order chi connectivity index (χ1) is 10.1. The number of hydrogen-bond acceptors (Lipinski definition) is 4. The fraction of sp³-hybridized carbons (Fsp3) is 0.812. The smallest absolute Gasteiger partial charge is 0.419 e. The average Bonchev–Trinajstić information content (AvgIpc) is 2.67. The predicted molar refractivity (Wildman–Crippen MR) is 78.8 cm³/mol. The summed E-state index contributed by atoms with van der Waals surface area (Å²) in [5, 5.41) is 9.94. The summed E-state index contributed by atoms with van der Waals surface area (Å²) in [4.78, 5) is 11.7. The molecule has 134 valence electrons. The second-order valence-corrected chi connectivity index (χ2v) is 7.06. The van der Waals surface area contributed by atoms with Crippen molar-refractivity contribution >= 4 is 5.97 Å². The van der Waals surface area contributed by atoms with Crippen molar-refractivity contribution in [3.05, 3.63) is 12.2 Å². The van der Waals surface area contributed by atoms with Gasteiger partial charge in [0.25, 0.3) is 0 Å². The highest BCUT2D eigenvalue weighted by atomic mass is 19.4. The molecule has 0 aromatic rings. The number of ether oxygens (including phenoxy) is 2. The monoisotopic (exact) mass is 338 g/mol. The molecule has 1 aliphatic carbocycles. The molecule has 0 saturated heterocycles. The van der Waals surface area contributed by atoms with Crippen LogP contribution in [0.15, 0.2) is 12.2 Å². The number of esters is 1. The first-order valence-electron chi connectivity index (χ1n) is 7.50. The van der Waals surface area contributed by atoms with E-state index in [1.807, 2.05) is 0 Å². The molecule has 23 heavy (non-hydrogen) atoms. The van der Waals surface area contributed by atoms with E-state index in [0.717, 1.165) is 0 Å². The second-order valence-electron chi connectivity index (χ2n) is 7.06. The Bertz CT molecular complexity index is 482.